The Morgan fingerprint density at radius 1 is 1.33 bits per heavy atom. The second-order valence-corrected chi connectivity index (χ2v) is 5.33. The van der Waals surface area contributed by atoms with Gasteiger partial charge in [0.1, 0.15) is 5.78 Å². The van der Waals surface area contributed by atoms with Crippen LogP contribution < -0.4 is 0 Å². The monoisotopic (exact) mass is 245 g/mol. The number of Topliss-reactive ketones (excluding diaryl/α,β-unsaturated/α-hetero) is 1. The number of fused-ring (bicyclic) bond motifs is 1. The number of benzene rings is 1. The van der Waals surface area contributed by atoms with E-state index in [9.17, 15) is 4.79 Å². The molecule has 2 fully saturated rings. The van der Waals surface area contributed by atoms with Crippen molar-refractivity contribution < 1.29 is 9.63 Å². The van der Waals surface area contributed by atoms with E-state index < -0.39 is 0 Å². The van der Waals surface area contributed by atoms with Crippen LogP contribution in [0.5, 0.6) is 0 Å². The van der Waals surface area contributed by atoms with E-state index in [-0.39, 0.29) is 18.1 Å². The normalized spacial score (nSPS) is 32.5. The van der Waals surface area contributed by atoms with Gasteiger partial charge < -0.3 is 0 Å². The Kier molecular flexibility index (Phi) is 3.18. The number of hydrogen-bond donors (Lipinski definition) is 0. The van der Waals surface area contributed by atoms with E-state index in [1.807, 2.05) is 30.3 Å². The number of hydrogen-bond acceptors (Lipinski definition) is 3. The number of likely N-dealkylation sites (N-methyl/N-ethyl adjacent to an activating group) is 1. The summed E-state index contributed by atoms with van der Waals surface area (Å²) >= 11 is 0. The van der Waals surface area contributed by atoms with Crippen LogP contribution in [0.25, 0.3) is 0 Å². The fourth-order valence-electron chi connectivity index (χ4n) is 3.24. The third kappa shape index (κ3) is 2.08. The van der Waals surface area contributed by atoms with Crippen molar-refractivity contribution in [3.63, 3.8) is 0 Å². The molecule has 1 aliphatic carbocycles. The van der Waals surface area contributed by atoms with Gasteiger partial charge in [-0.15, -0.1) is 0 Å². The molecule has 3 rings (SSSR count). The molecule has 0 radical (unpaired) electrons. The van der Waals surface area contributed by atoms with E-state index >= 15 is 0 Å². The maximum absolute atomic E-state index is 12.1. The summed E-state index contributed by atoms with van der Waals surface area (Å²) in [6.07, 6.45) is 3.73. The van der Waals surface area contributed by atoms with Crippen molar-refractivity contribution in [1.29, 1.82) is 0 Å². The zero-order valence-electron chi connectivity index (χ0n) is 10.7. The van der Waals surface area contributed by atoms with Crippen LogP contribution in [0.2, 0.25) is 0 Å². The minimum absolute atomic E-state index is 0.0731. The van der Waals surface area contributed by atoms with Crippen LogP contribution in [-0.4, -0.2) is 30.0 Å². The van der Waals surface area contributed by atoms with E-state index in [0.717, 1.165) is 25.7 Å². The highest BCUT2D eigenvalue weighted by atomic mass is 16.7. The van der Waals surface area contributed by atoms with E-state index in [2.05, 4.69) is 12.1 Å². The lowest BCUT2D eigenvalue weighted by molar-refractivity contribution is -0.149. The Labute approximate surface area is 108 Å². The van der Waals surface area contributed by atoms with Gasteiger partial charge in [0.05, 0.1) is 18.1 Å². The highest BCUT2D eigenvalue weighted by Gasteiger charge is 2.46. The van der Waals surface area contributed by atoms with Gasteiger partial charge in [0.25, 0.3) is 0 Å². The van der Waals surface area contributed by atoms with Gasteiger partial charge in [0.2, 0.25) is 0 Å². The molecule has 0 aromatic heterocycles. The minimum atomic E-state index is 0.0731. The van der Waals surface area contributed by atoms with E-state index in [0.29, 0.717) is 5.78 Å². The van der Waals surface area contributed by atoms with Crippen LogP contribution in [0.4, 0.5) is 0 Å². The molecule has 1 aromatic carbocycles. The van der Waals surface area contributed by atoms with Crippen molar-refractivity contribution in [2.45, 2.75) is 37.8 Å². The average Bonchev–Trinajstić information content (AvgIpc) is 2.69. The van der Waals surface area contributed by atoms with Crippen LogP contribution in [0.3, 0.4) is 0 Å². The molecule has 1 saturated carbocycles. The van der Waals surface area contributed by atoms with Gasteiger partial charge in [-0.3, -0.25) is 9.63 Å². The lowest BCUT2D eigenvalue weighted by Crippen LogP contribution is -2.38. The number of carbonyl (C=O) groups excluding carboxylic acids is 1. The van der Waals surface area contributed by atoms with Crippen LogP contribution in [0, 0.1) is 5.92 Å². The number of rotatable bonds is 2. The molecule has 3 unspecified atom stereocenters. The Morgan fingerprint density at radius 2 is 2.11 bits per heavy atom. The first-order valence-corrected chi connectivity index (χ1v) is 6.72. The van der Waals surface area contributed by atoms with Crippen molar-refractivity contribution in [3.8, 4) is 0 Å². The number of nitrogens with zero attached hydrogens (tertiary/aromatic N) is 1. The second kappa shape index (κ2) is 4.82. The van der Waals surface area contributed by atoms with Crippen molar-refractivity contribution in [2.24, 2.45) is 5.92 Å². The summed E-state index contributed by atoms with van der Waals surface area (Å²) in [5.41, 5.74) is 1.27. The molecule has 1 heterocycles. The average molecular weight is 245 g/mol. The first kappa shape index (κ1) is 11.9. The summed E-state index contributed by atoms with van der Waals surface area (Å²) in [5.74, 6) is 0.459. The lowest BCUT2D eigenvalue weighted by Gasteiger charge is -2.25. The number of carbonyl (C=O) groups is 1. The number of ketones is 1. The SMILES string of the molecule is CN1OC2CCCC(=O)C2C1Cc1ccccc1. The standard InChI is InChI=1S/C15H19NO2/c1-16-12(10-11-6-3-2-4-7-11)15-13(17)8-5-9-14(15)18-16/h2-4,6-7,12,14-15H,5,8-10H2,1H3. The predicted octanol–water partition coefficient (Wildman–Crippen LogP) is 2.21. The van der Waals surface area contributed by atoms with Crippen molar-refractivity contribution in [1.82, 2.24) is 5.06 Å². The molecule has 1 saturated heterocycles. The molecule has 3 atom stereocenters. The minimum Gasteiger partial charge on any atom is -0.299 e. The largest absolute Gasteiger partial charge is 0.299 e. The molecule has 3 nitrogen and oxygen atoms in total. The topological polar surface area (TPSA) is 29.5 Å². The predicted molar refractivity (Wildman–Crippen MR) is 68.9 cm³/mol. The zero-order chi connectivity index (χ0) is 12.5. The molecule has 0 spiro atoms. The fourth-order valence-corrected chi connectivity index (χ4v) is 3.24. The number of hydroxylamine groups is 2. The van der Waals surface area contributed by atoms with E-state index in [4.69, 9.17) is 4.84 Å². The molecule has 3 heteroatoms. The molecule has 0 bridgehead atoms. The molecule has 18 heavy (non-hydrogen) atoms. The van der Waals surface area contributed by atoms with Crippen molar-refractivity contribution in [3.05, 3.63) is 35.9 Å². The molecule has 0 N–H and O–H groups in total. The van der Waals surface area contributed by atoms with Crippen LogP contribution in [-0.2, 0) is 16.1 Å². The smallest absolute Gasteiger partial charge is 0.140 e. The quantitative estimate of drug-likeness (QED) is 0.800. The van der Waals surface area contributed by atoms with Crippen molar-refractivity contribution >= 4 is 5.78 Å². The molecule has 1 aliphatic heterocycles. The fraction of sp³-hybridized carbons (Fsp3) is 0.533. The summed E-state index contributed by atoms with van der Waals surface area (Å²) < 4.78 is 0. The molecule has 0 amide bonds. The van der Waals surface area contributed by atoms with Gasteiger partial charge in [0.15, 0.2) is 0 Å². The van der Waals surface area contributed by atoms with Gasteiger partial charge in [0, 0.05) is 13.5 Å². The Balaban J connectivity index is 1.80. The molecule has 1 aromatic rings. The Hall–Kier alpha value is -1.19. The van der Waals surface area contributed by atoms with Gasteiger partial charge >= 0.3 is 0 Å². The maximum Gasteiger partial charge on any atom is 0.140 e. The first-order valence-electron chi connectivity index (χ1n) is 6.72. The van der Waals surface area contributed by atoms with Gasteiger partial charge in [-0.05, 0) is 24.8 Å². The third-order valence-electron chi connectivity index (χ3n) is 4.16. The van der Waals surface area contributed by atoms with Crippen LogP contribution in [0.1, 0.15) is 24.8 Å². The van der Waals surface area contributed by atoms with E-state index in [1.54, 1.807) is 0 Å². The Morgan fingerprint density at radius 3 is 2.89 bits per heavy atom. The van der Waals surface area contributed by atoms with Gasteiger partial charge in [-0.25, -0.2) is 0 Å². The van der Waals surface area contributed by atoms with Gasteiger partial charge in [-0.1, -0.05) is 30.3 Å². The molecular formula is C15H19NO2. The molecular weight excluding hydrogens is 226 g/mol. The second-order valence-electron chi connectivity index (χ2n) is 5.33. The maximum atomic E-state index is 12.1. The highest BCUT2D eigenvalue weighted by Crippen LogP contribution is 2.36. The summed E-state index contributed by atoms with van der Waals surface area (Å²) in [7, 11) is 1.96. The molecule has 2 aliphatic rings. The lowest BCUT2D eigenvalue weighted by atomic mass is 9.79. The van der Waals surface area contributed by atoms with Crippen LogP contribution in [0.15, 0.2) is 30.3 Å². The van der Waals surface area contributed by atoms with Crippen LogP contribution >= 0.6 is 0 Å². The van der Waals surface area contributed by atoms with Gasteiger partial charge in [-0.2, -0.15) is 5.06 Å². The summed E-state index contributed by atoms with van der Waals surface area (Å²) in [5, 5.41) is 1.91. The first-order chi connectivity index (χ1) is 8.75. The summed E-state index contributed by atoms with van der Waals surface area (Å²) in [6, 6.07) is 10.6. The van der Waals surface area contributed by atoms with E-state index in [1.165, 1.54) is 5.56 Å². The zero-order valence-corrected chi connectivity index (χ0v) is 10.7. The van der Waals surface area contributed by atoms with Crippen molar-refractivity contribution in [2.75, 3.05) is 7.05 Å². The summed E-state index contributed by atoms with van der Waals surface area (Å²) in [4.78, 5) is 17.9. The third-order valence-corrected chi connectivity index (χ3v) is 4.16. The summed E-state index contributed by atoms with van der Waals surface area (Å²) in [6.45, 7) is 0. The molecule has 96 valence electrons. The highest BCUT2D eigenvalue weighted by molar-refractivity contribution is 5.83. The Bertz CT molecular complexity index is 431.